The third-order valence-corrected chi connectivity index (χ3v) is 6.15. The van der Waals surface area contributed by atoms with Crippen LogP contribution in [0, 0.1) is 17.8 Å². The monoisotopic (exact) mass is 378 g/mol. The molecule has 1 heterocycles. The van der Waals surface area contributed by atoms with E-state index in [1.165, 1.54) is 16.7 Å². The van der Waals surface area contributed by atoms with Crippen LogP contribution in [0.4, 0.5) is 0 Å². The van der Waals surface area contributed by atoms with Gasteiger partial charge in [0.1, 0.15) is 11.5 Å². The van der Waals surface area contributed by atoms with Gasteiger partial charge in [0.05, 0.1) is 26.4 Å². The van der Waals surface area contributed by atoms with Gasteiger partial charge >= 0.3 is 0 Å². The molecule has 0 bridgehead atoms. The SMILES string of the molecule is COc1ccc(OC[C@H](C)[C@H]2OC[C@@H]3[C@H](C2=C(C)C)[C@H]3c2ccccc2)cc1. The number of ether oxygens (including phenoxy) is 3. The van der Waals surface area contributed by atoms with E-state index in [0.717, 1.165) is 18.1 Å². The minimum Gasteiger partial charge on any atom is -0.497 e. The number of allylic oxidation sites excluding steroid dienone is 1. The Hall–Kier alpha value is -2.26. The predicted octanol–water partition coefficient (Wildman–Crippen LogP) is 5.48. The standard InChI is InChI=1S/C25H30O3/c1-16(2)22-24-21(23(24)18-8-6-5-7-9-18)15-28-25(22)17(3)14-27-20-12-10-19(26-4)11-13-20/h5-13,17,21,23-25H,14-15H2,1-4H3/t17-,21-,23-,24+,25+/m0/s1. The molecule has 1 aliphatic heterocycles. The first kappa shape index (κ1) is 19.1. The van der Waals surface area contributed by atoms with E-state index in [0.29, 0.717) is 30.3 Å². The Bertz CT molecular complexity index is 821. The molecule has 0 amide bonds. The molecular formula is C25H30O3. The van der Waals surface area contributed by atoms with Crippen molar-refractivity contribution in [1.29, 1.82) is 0 Å². The average molecular weight is 379 g/mol. The fourth-order valence-electron chi connectivity index (χ4n) is 4.70. The Morgan fingerprint density at radius 1 is 1.00 bits per heavy atom. The Morgan fingerprint density at radius 2 is 1.68 bits per heavy atom. The molecule has 28 heavy (non-hydrogen) atoms. The summed E-state index contributed by atoms with van der Waals surface area (Å²) in [5, 5.41) is 0. The van der Waals surface area contributed by atoms with Crippen LogP contribution in [0.5, 0.6) is 11.5 Å². The molecule has 4 rings (SSSR count). The molecule has 5 atom stereocenters. The highest BCUT2D eigenvalue weighted by atomic mass is 16.5. The van der Waals surface area contributed by atoms with E-state index in [4.69, 9.17) is 14.2 Å². The van der Waals surface area contributed by atoms with Gasteiger partial charge in [-0.3, -0.25) is 0 Å². The van der Waals surface area contributed by atoms with Crippen molar-refractivity contribution in [3.05, 3.63) is 71.3 Å². The lowest BCUT2D eigenvalue weighted by atomic mass is 9.88. The van der Waals surface area contributed by atoms with E-state index in [2.05, 4.69) is 51.1 Å². The fraction of sp³-hybridized carbons (Fsp3) is 0.440. The quantitative estimate of drug-likeness (QED) is 0.623. The van der Waals surface area contributed by atoms with E-state index in [-0.39, 0.29) is 6.10 Å². The van der Waals surface area contributed by atoms with Gasteiger partial charge < -0.3 is 14.2 Å². The van der Waals surface area contributed by atoms with Crippen LogP contribution < -0.4 is 9.47 Å². The fourth-order valence-corrected chi connectivity index (χ4v) is 4.70. The van der Waals surface area contributed by atoms with Gasteiger partial charge in [-0.15, -0.1) is 0 Å². The molecule has 2 fully saturated rings. The van der Waals surface area contributed by atoms with Crippen LogP contribution in [0.2, 0.25) is 0 Å². The molecule has 0 aromatic heterocycles. The van der Waals surface area contributed by atoms with Crippen LogP contribution in [0.3, 0.4) is 0 Å². The van der Waals surface area contributed by atoms with Crippen molar-refractivity contribution < 1.29 is 14.2 Å². The third kappa shape index (κ3) is 3.68. The van der Waals surface area contributed by atoms with Crippen molar-refractivity contribution in [2.45, 2.75) is 32.8 Å². The van der Waals surface area contributed by atoms with Crippen LogP contribution in [-0.4, -0.2) is 26.4 Å². The zero-order valence-corrected chi connectivity index (χ0v) is 17.2. The lowest BCUT2D eigenvalue weighted by molar-refractivity contribution is 0.000905. The van der Waals surface area contributed by atoms with Crippen molar-refractivity contribution in [3.63, 3.8) is 0 Å². The molecule has 0 radical (unpaired) electrons. The molecule has 2 aliphatic rings. The summed E-state index contributed by atoms with van der Waals surface area (Å²) in [6, 6.07) is 18.7. The molecule has 0 spiro atoms. The smallest absolute Gasteiger partial charge is 0.119 e. The molecule has 1 saturated carbocycles. The van der Waals surface area contributed by atoms with Crippen LogP contribution >= 0.6 is 0 Å². The Labute approximate surface area is 168 Å². The maximum atomic E-state index is 6.39. The summed E-state index contributed by atoms with van der Waals surface area (Å²) in [6.07, 6.45) is 0.137. The van der Waals surface area contributed by atoms with Gasteiger partial charge in [0.2, 0.25) is 0 Å². The molecule has 3 nitrogen and oxygen atoms in total. The molecule has 1 aliphatic carbocycles. The number of hydrogen-bond donors (Lipinski definition) is 0. The van der Waals surface area contributed by atoms with Crippen LogP contribution in [0.15, 0.2) is 65.7 Å². The van der Waals surface area contributed by atoms with Crippen LogP contribution in [0.25, 0.3) is 0 Å². The lowest BCUT2D eigenvalue weighted by Gasteiger charge is -2.31. The summed E-state index contributed by atoms with van der Waals surface area (Å²) < 4.78 is 17.6. The van der Waals surface area contributed by atoms with Gasteiger partial charge in [-0.2, -0.15) is 0 Å². The van der Waals surface area contributed by atoms with E-state index in [1.807, 2.05) is 24.3 Å². The molecular weight excluding hydrogens is 348 g/mol. The maximum Gasteiger partial charge on any atom is 0.119 e. The summed E-state index contributed by atoms with van der Waals surface area (Å²) in [7, 11) is 1.67. The number of benzene rings is 2. The molecule has 0 unspecified atom stereocenters. The summed E-state index contributed by atoms with van der Waals surface area (Å²) in [5.74, 6) is 3.85. The van der Waals surface area contributed by atoms with Crippen molar-refractivity contribution in [2.75, 3.05) is 20.3 Å². The Kier molecular flexibility index (Phi) is 5.45. The zero-order chi connectivity index (χ0) is 19.7. The second-order valence-corrected chi connectivity index (χ2v) is 8.30. The van der Waals surface area contributed by atoms with Crippen molar-refractivity contribution in [3.8, 4) is 11.5 Å². The molecule has 0 N–H and O–H groups in total. The van der Waals surface area contributed by atoms with Crippen LogP contribution in [-0.2, 0) is 4.74 Å². The number of hydrogen-bond acceptors (Lipinski definition) is 3. The van der Waals surface area contributed by atoms with Crippen molar-refractivity contribution >= 4 is 0 Å². The highest BCUT2D eigenvalue weighted by Crippen LogP contribution is 2.62. The minimum atomic E-state index is 0.137. The highest BCUT2D eigenvalue weighted by Gasteiger charge is 2.57. The van der Waals surface area contributed by atoms with E-state index < -0.39 is 0 Å². The first-order valence-electron chi connectivity index (χ1n) is 10.2. The zero-order valence-electron chi connectivity index (χ0n) is 17.2. The summed E-state index contributed by atoms with van der Waals surface area (Å²) >= 11 is 0. The largest absolute Gasteiger partial charge is 0.497 e. The minimum absolute atomic E-state index is 0.137. The van der Waals surface area contributed by atoms with Gasteiger partial charge in [-0.05, 0) is 67.0 Å². The van der Waals surface area contributed by atoms with Gasteiger partial charge in [0.25, 0.3) is 0 Å². The molecule has 2 aromatic rings. The molecule has 3 heteroatoms. The molecule has 1 saturated heterocycles. The summed E-state index contributed by atoms with van der Waals surface area (Å²) in [5.41, 5.74) is 4.34. The normalized spacial score (nSPS) is 26.9. The first-order chi connectivity index (χ1) is 13.6. The van der Waals surface area contributed by atoms with Gasteiger partial charge in [-0.1, -0.05) is 42.8 Å². The van der Waals surface area contributed by atoms with E-state index in [1.54, 1.807) is 7.11 Å². The predicted molar refractivity (Wildman–Crippen MR) is 112 cm³/mol. The Balaban J connectivity index is 1.44. The topological polar surface area (TPSA) is 27.7 Å². The van der Waals surface area contributed by atoms with Crippen LogP contribution in [0.1, 0.15) is 32.3 Å². The number of fused-ring (bicyclic) bond motifs is 1. The van der Waals surface area contributed by atoms with E-state index in [9.17, 15) is 0 Å². The van der Waals surface area contributed by atoms with Gasteiger partial charge in [-0.25, -0.2) is 0 Å². The maximum absolute atomic E-state index is 6.39. The van der Waals surface area contributed by atoms with Crippen molar-refractivity contribution in [2.24, 2.45) is 17.8 Å². The van der Waals surface area contributed by atoms with E-state index >= 15 is 0 Å². The second-order valence-electron chi connectivity index (χ2n) is 8.30. The highest BCUT2D eigenvalue weighted by molar-refractivity contribution is 5.39. The van der Waals surface area contributed by atoms with Gasteiger partial charge in [0.15, 0.2) is 0 Å². The summed E-state index contributed by atoms with van der Waals surface area (Å²) in [4.78, 5) is 0. The second kappa shape index (κ2) is 8.00. The third-order valence-electron chi connectivity index (χ3n) is 6.15. The first-order valence-corrected chi connectivity index (χ1v) is 10.2. The number of methoxy groups -OCH3 is 1. The van der Waals surface area contributed by atoms with Crippen molar-refractivity contribution in [1.82, 2.24) is 0 Å². The Morgan fingerprint density at radius 3 is 2.32 bits per heavy atom. The van der Waals surface area contributed by atoms with Gasteiger partial charge in [0, 0.05) is 5.92 Å². The molecule has 2 aromatic carbocycles. The average Bonchev–Trinajstić information content (AvgIpc) is 3.46. The molecule has 148 valence electrons. The lowest BCUT2D eigenvalue weighted by Crippen LogP contribution is -2.34. The summed E-state index contributed by atoms with van der Waals surface area (Å²) in [6.45, 7) is 8.17. The number of rotatable bonds is 6.